The van der Waals surface area contributed by atoms with E-state index in [1.54, 1.807) is 18.9 Å². The maximum atomic E-state index is 9.12. The van der Waals surface area contributed by atoms with E-state index in [-0.39, 0.29) is 12.6 Å². The van der Waals surface area contributed by atoms with Gasteiger partial charge in [-0.05, 0) is 37.1 Å². The van der Waals surface area contributed by atoms with Crippen molar-refractivity contribution in [1.82, 2.24) is 19.7 Å². The van der Waals surface area contributed by atoms with E-state index < -0.39 is 0 Å². The molecule has 2 aromatic heterocycles. The van der Waals surface area contributed by atoms with E-state index in [9.17, 15) is 0 Å². The summed E-state index contributed by atoms with van der Waals surface area (Å²) in [5, 5.41) is 17.8. The Morgan fingerprint density at radius 3 is 2.59 bits per heavy atom. The number of aliphatic hydroxyl groups is 1. The normalized spacial score (nSPS) is 12.0. The summed E-state index contributed by atoms with van der Waals surface area (Å²) in [5.41, 5.74) is 3.97. The van der Waals surface area contributed by atoms with Gasteiger partial charge in [-0.3, -0.25) is 4.68 Å². The minimum absolute atomic E-state index is 0.00645. The van der Waals surface area contributed by atoms with Gasteiger partial charge in [0, 0.05) is 29.3 Å². The van der Waals surface area contributed by atoms with Crippen molar-refractivity contribution in [2.45, 2.75) is 26.4 Å². The Morgan fingerprint density at radius 1 is 1.06 bits per heavy atom. The van der Waals surface area contributed by atoms with Crippen molar-refractivity contribution < 1.29 is 14.6 Å². The lowest BCUT2D eigenvalue weighted by Crippen LogP contribution is -2.10. The lowest BCUT2D eigenvalue weighted by molar-refractivity contribution is 0.269. The van der Waals surface area contributed by atoms with Crippen LogP contribution in [0, 0.1) is 6.92 Å². The Hall–Kier alpha value is -3.65. The molecule has 0 aliphatic carbocycles. The quantitative estimate of drug-likeness (QED) is 0.434. The molecule has 0 unspecified atom stereocenters. The number of aryl methyl sites for hydroxylation is 1. The molecule has 2 heterocycles. The molecule has 4 rings (SSSR count). The Kier molecular flexibility index (Phi) is 6.23. The summed E-state index contributed by atoms with van der Waals surface area (Å²) < 4.78 is 12.6. The third-order valence-corrected chi connectivity index (χ3v) is 5.35. The van der Waals surface area contributed by atoms with Crippen LogP contribution in [0.4, 0.5) is 5.82 Å². The molecule has 4 aromatic rings. The highest BCUT2D eigenvalue weighted by Crippen LogP contribution is 2.35. The highest BCUT2D eigenvalue weighted by atomic mass is 16.5. The molecule has 0 spiro atoms. The van der Waals surface area contributed by atoms with Crippen molar-refractivity contribution in [1.29, 1.82) is 0 Å². The molecule has 0 aliphatic heterocycles. The van der Waals surface area contributed by atoms with Gasteiger partial charge >= 0.3 is 0 Å². The number of rotatable bonds is 8. The molecule has 2 N–H and O–H groups in total. The Morgan fingerprint density at radius 2 is 1.84 bits per heavy atom. The van der Waals surface area contributed by atoms with Crippen LogP contribution in [0.1, 0.15) is 24.4 Å². The van der Waals surface area contributed by atoms with Gasteiger partial charge in [-0.1, -0.05) is 18.2 Å². The summed E-state index contributed by atoms with van der Waals surface area (Å²) in [5.74, 6) is 2.67. The lowest BCUT2D eigenvalue weighted by Gasteiger charge is -2.18. The number of nitrogens with zero attached hydrogens (tertiary/aromatic N) is 4. The maximum absolute atomic E-state index is 9.12. The molecule has 0 saturated heterocycles. The number of anilines is 1. The van der Waals surface area contributed by atoms with Crippen LogP contribution in [-0.4, -0.2) is 45.7 Å². The van der Waals surface area contributed by atoms with Gasteiger partial charge < -0.3 is 19.9 Å². The van der Waals surface area contributed by atoms with E-state index in [0.717, 1.165) is 33.4 Å². The molecular weight excluding hydrogens is 406 g/mol. The van der Waals surface area contributed by atoms with Crippen LogP contribution in [0.2, 0.25) is 0 Å². The number of aromatic nitrogens is 4. The largest absolute Gasteiger partial charge is 0.493 e. The van der Waals surface area contributed by atoms with E-state index in [2.05, 4.69) is 45.5 Å². The first-order valence-electron chi connectivity index (χ1n) is 10.4. The van der Waals surface area contributed by atoms with E-state index in [0.29, 0.717) is 23.9 Å². The zero-order chi connectivity index (χ0) is 22.7. The molecule has 166 valence electrons. The minimum atomic E-state index is -0.00645. The number of benzene rings is 2. The standard InChI is InChI=1S/C24H27N5O3/c1-15(17-6-5-7-18(10-17)19-13-25-29(14-19)8-9-30)26-24-20-11-22(31-3)23(32-4)12-21(20)27-16(2)28-24/h5-7,10-15,30H,8-9H2,1-4H3,(H,26,27,28)/t15-/m1/s1. The predicted molar refractivity (Wildman–Crippen MR) is 124 cm³/mol. The van der Waals surface area contributed by atoms with Gasteiger partial charge in [0.1, 0.15) is 11.6 Å². The Bertz CT molecular complexity index is 1240. The fourth-order valence-electron chi connectivity index (χ4n) is 3.70. The first kappa shape index (κ1) is 21.6. The Balaban J connectivity index is 1.66. The summed E-state index contributed by atoms with van der Waals surface area (Å²) in [4.78, 5) is 9.20. The number of hydrogen-bond acceptors (Lipinski definition) is 7. The second-order valence-electron chi connectivity index (χ2n) is 7.55. The number of aliphatic hydroxyl groups excluding tert-OH is 1. The van der Waals surface area contributed by atoms with Crippen molar-refractivity contribution in [2.75, 3.05) is 26.1 Å². The molecule has 0 bridgehead atoms. The first-order chi connectivity index (χ1) is 15.5. The summed E-state index contributed by atoms with van der Waals surface area (Å²) in [6, 6.07) is 12.1. The third kappa shape index (κ3) is 4.36. The molecule has 0 saturated carbocycles. The van der Waals surface area contributed by atoms with Crippen LogP contribution in [0.3, 0.4) is 0 Å². The van der Waals surface area contributed by atoms with E-state index in [1.165, 1.54) is 0 Å². The van der Waals surface area contributed by atoms with Crippen molar-refractivity contribution in [2.24, 2.45) is 0 Å². The highest BCUT2D eigenvalue weighted by molar-refractivity contribution is 5.92. The zero-order valence-corrected chi connectivity index (χ0v) is 18.7. The van der Waals surface area contributed by atoms with Gasteiger partial charge in [0.25, 0.3) is 0 Å². The minimum Gasteiger partial charge on any atom is -0.493 e. The Labute approximate surface area is 186 Å². The molecule has 8 nitrogen and oxygen atoms in total. The van der Waals surface area contributed by atoms with Crippen molar-refractivity contribution in [3.63, 3.8) is 0 Å². The zero-order valence-electron chi connectivity index (χ0n) is 18.7. The summed E-state index contributed by atoms with van der Waals surface area (Å²) >= 11 is 0. The van der Waals surface area contributed by atoms with Crippen LogP contribution >= 0.6 is 0 Å². The average molecular weight is 434 g/mol. The first-order valence-corrected chi connectivity index (χ1v) is 10.4. The number of fused-ring (bicyclic) bond motifs is 1. The highest BCUT2D eigenvalue weighted by Gasteiger charge is 2.15. The summed E-state index contributed by atoms with van der Waals surface area (Å²) in [6.07, 6.45) is 3.75. The second kappa shape index (κ2) is 9.23. The SMILES string of the molecule is COc1cc2nc(C)nc(N[C@H](C)c3cccc(-c4cnn(CCO)c4)c3)c2cc1OC. The maximum Gasteiger partial charge on any atom is 0.162 e. The van der Waals surface area contributed by atoms with Crippen molar-refractivity contribution in [3.8, 4) is 22.6 Å². The fraction of sp³-hybridized carbons (Fsp3) is 0.292. The van der Waals surface area contributed by atoms with Crippen LogP contribution < -0.4 is 14.8 Å². The molecule has 0 fully saturated rings. The summed E-state index contributed by atoms with van der Waals surface area (Å²) in [7, 11) is 3.22. The number of hydrogen-bond donors (Lipinski definition) is 2. The number of methoxy groups -OCH3 is 2. The topological polar surface area (TPSA) is 94.3 Å². The average Bonchev–Trinajstić information content (AvgIpc) is 3.27. The second-order valence-corrected chi connectivity index (χ2v) is 7.55. The van der Waals surface area contributed by atoms with Gasteiger partial charge in [0.2, 0.25) is 0 Å². The van der Waals surface area contributed by atoms with Crippen LogP contribution in [0.5, 0.6) is 11.5 Å². The van der Waals surface area contributed by atoms with E-state index >= 15 is 0 Å². The molecule has 32 heavy (non-hydrogen) atoms. The van der Waals surface area contributed by atoms with Gasteiger partial charge in [0.05, 0.1) is 39.1 Å². The van der Waals surface area contributed by atoms with Crippen LogP contribution in [0.25, 0.3) is 22.0 Å². The molecule has 8 heteroatoms. The number of nitrogens with one attached hydrogen (secondary N) is 1. The van der Waals surface area contributed by atoms with Gasteiger partial charge in [-0.25, -0.2) is 9.97 Å². The van der Waals surface area contributed by atoms with Crippen LogP contribution in [0.15, 0.2) is 48.8 Å². The van der Waals surface area contributed by atoms with Crippen LogP contribution in [-0.2, 0) is 6.54 Å². The molecule has 0 amide bonds. The lowest BCUT2D eigenvalue weighted by atomic mass is 10.0. The molecular formula is C24H27N5O3. The van der Waals surface area contributed by atoms with Crippen molar-refractivity contribution >= 4 is 16.7 Å². The fourth-order valence-corrected chi connectivity index (χ4v) is 3.70. The predicted octanol–water partition coefficient (Wildman–Crippen LogP) is 3.98. The smallest absolute Gasteiger partial charge is 0.162 e. The summed E-state index contributed by atoms with van der Waals surface area (Å²) in [6.45, 7) is 4.51. The van der Waals surface area contributed by atoms with Gasteiger partial charge in [0.15, 0.2) is 11.5 Å². The molecule has 0 aliphatic rings. The molecule has 0 radical (unpaired) electrons. The monoisotopic (exact) mass is 433 g/mol. The van der Waals surface area contributed by atoms with Gasteiger partial charge in [-0.15, -0.1) is 0 Å². The molecule has 1 atom stereocenters. The third-order valence-electron chi connectivity index (χ3n) is 5.35. The molecule has 2 aromatic carbocycles. The van der Waals surface area contributed by atoms with E-state index in [1.807, 2.05) is 37.5 Å². The van der Waals surface area contributed by atoms with Crippen molar-refractivity contribution in [3.05, 3.63) is 60.2 Å². The van der Waals surface area contributed by atoms with E-state index in [4.69, 9.17) is 14.6 Å². The number of ether oxygens (including phenoxy) is 2. The van der Waals surface area contributed by atoms with Gasteiger partial charge in [-0.2, -0.15) is 5.10 Å².